The number of carboxylic acid groups (broad SMARTS) is 1. The smallest absolute Gasteiger partial charge is 0.326 e. The van der Waals surface area contributed by atoms with Crippen molar-refractivity contribution < 1.29 is 14.7 Å². The average Bonchev–Trinajstić information content (AvgIpc) is 2.38. The van der Waals surface area contributed by atoms with Gasteiger partial charge in [-0.15, -0.1) is 0 Å². The Morgan fingerprint density at radius 1 is 1.47 bits per heavy atom. The first-order chi connectivity index (χ1) is 9.00. The average molecular weight is 283 g/mol. The van der Waals surface area contributed by atoms with E-state index in [1.54, 1.807) is 13.0 Å². The third kappa shape index (κ3) is 2.87. The van der Waals surface area contributed by atoms with Crippen LogP contribution < -0.4 is 0 Å². The van der Waals surface area contributed by atoms with Crippen molar-refractivity contribution in [2.24, 2.45) is 0 Å². The predicted molar refractivity (Wildman–Crippen MR) is 70.3 cm³/mol. The summed E-state index contributed by atoms with van der Waals surface area (Å²) in [5.74, 6) is -1.33. The Kier molecular flexibility index (Phi) is 4.04. The summed E-state index contributed by atoms with van der Waals surface area (Å²) in [4.78, 5) is 29.0. The molecule has 2 rings (SSSR count). The number of amides is 1. The largest absolute Gasteiger partial charge is 0.480 e. The zero-order chi connectivity index (χ0) is 14.0. The maximum absolute atomic E-state index is 12.4. The lowest BCUT2D eigenvalue weighted by molar-refractivity contribution is -0.143. The highest BCUT2D eigenvalue weighted by Crippen LogP contribution is 2.23. The third-order valence-electron chi connectivity index (χ3n) is 3.27. The number of halogens is 1. The van der Waals surface area contributed by atoms with Gasteiger partial charge in [0.1, 0.15) is 6.04 Å². The summed E-state index contributed by atoms with van der Waals surface area (Å²) in [6.45, 7) is 2.22. The summed E-state index contributed by atoms with van der Waals surface area (Å²) in [6, 6.07) is 0.840. The van der Waals surface area contributed by atoms with Gasteiger partial charge in [-0.2, -0.15) is 0 Å². The SMILES string of the molecule is Cc1cc(Cl)c(C(=O)N2CCCCC2C(=O)O)cn1. The summed E-state index contributed by atoms with van der Waals surface area (Å²) in [6.07, 6.45) is 3.53. The van der Waals surface area contributed by atoms with Crippen LogP contribution in [0.15, 0.2) is 12.3 Å². The van der Waals surface area contributed by atoms with E-state index in [1.165, 1.54) is 11.1 Å². The van der Waals surface area contributed by atoms with Gasteiger partial charge in [-0.05, 0) is 32.3 Å². The molecule has 0 radical (unpaired) electrons. The molecule has 0 saturated carbocycles. The minimum Gasteiger partial charge on any atom is -0.480 e. The number of piperidine rings is 1. The standard InChI is InChI=1S/C13H15ClN2O3/c1-8-6-10(14)9(7-15-8)12(17)16-5-3-2-4-11(16)13(18)19/h6-7,11H,2-5H2,1H3,(H,18,19). The van der Waals surface area contributed by atoms with Crippen LogP contribution in [-0.2, 0) is 4.79 Å². The number of aryl methyl sites for hydroxylation is 1. The van der Waals surface area contributed by atoms with Crippen LogP contribution in [0.5, 0.6) is 0 Å². The Balaban J connectivity index is 2.28. The lowest BCUT2D eigenvalue weighted by Gasteiger charge is -2.33. The summed E-state index contributed by atoms with van der Waals surface area (Å²) in [5.41, 5.74) is 0.982. The normalized spacial score (nSPS) is 19.3. The van der Waals surface area contributed by atoms with Crippen molar-refractivity contribution in [1.29, 1.82) is 0 Å². The first-order valence-electron chi connectivity index (χ1n) is 6.16. The summed E-state index contributed by atoms with van der Waals surface area (Å²) in [5, 5.41) is 9.49. The van der Waals surface area contributed by atoms with Crippen molar-refractivity contribution in [3.05, 3.63) is 28.5 Å². The summed E-state index contributed by atoms with van der Waals surface area (Å²) >= 11 is 6.04. The van der Waals surface area contributed by atoms with Crippen molar-refractivity contribution >= 4 is 23.5 Å². The van der Waals surface area contributed by atoms with Crippen LogP contribution in [0, 0.1) is 6.92 Å². The molecule has 2 heterocycles. The number of aliphatic carboxylic acids is 1. The first-order valence-corrected chi connectivity index (χ1v) is 6.54. The van der Waals surface area contributed by atoms with Gasteiger partial charge in [0, 0.05) is 18.4 Å². The zero-order valence-corrected chi connectivity index (χ0v) is 11.4. The quantitative estimate of drug-likeness (QED) is 0.902. The molecular formula is C13H15ClN2O3. The monoisotopic (exact) mass is 282 g/mol. The number of carbonyl (C=O) groups is 2. The second-order valence-electron chi connectivity index (χ2n) is 4.65. The number of aromatic nitrogens is 1. The van der Waals surface area contributed by atoms with Crippen LogP contribution in [-0.4, -0.2) is 39.5 Å². The van der Waals surface area contributed by atoms with Crippen molar-refractivity contribution in [3.8, 4) is 0 Å². The zero-order valence-electron chi connectivity index (χ0n) is 10.6. The summed E-state index contributed by atoms with van der Waals surface area (Å²) < 4.78 is 0. The number of carbonyl (C=O) groups excluding carboxylic acids is 1. The van der Waals surface area contributed by atoms with Crippen LogP contribution in [0.1, 0.15) is 35.3 Å². The van der Waals surface area contributed by atoms with Gasteiger partial charge in [-0.3, -0.25) is 9.78 Å². The van der Waals surface area contributed by atoms with Gasteiger partial charge in [0.25, 0.3) is 5.91 Å². The van der Waals surface area contributed by atoms with E-state index in [1.807, 2.05) is 0 Å². The third-order valence-corrected chi connectivity index (χ3v) is 3.58. The first kappa shape index (κ1) is 13.8. The number of hydrogen-bond donors (Lipinski definition) is 1. The topological polar surface area (TPSA) is 70.5 Å². The Morgan fingerprint density at radius 3 is 2.84 bits per heavy atom. The minimum absolute atomic E-state index is 0.264. The highest BCUT2D eigenvalue weighted by Gasteiger charge is 2.33. The van der Waals surface area contributed by atoms with Gasteiger partial charge in [-0.1, -0.05) is 11.6 Å². The van der Waals surface area contributed by atoms with Crippen LogP contribution in [0.25, 0.3) is 0 Å². The number of carboxylic acids is 1. The highest BCUT2D eigenvalue weighted by molar-refractivity contribution is 6.33. The van der Waals surface area contributed by atoms with Crippen molar-refractivity contribution in [2.45, 2.75) is 32.2 Å². The molecule has 1 aliphatic rings. The van der Waals surface area contributed by atoms with E-state index in [4.69, 9.17) is 11.6 Å². The van der Waals surface area contributed by atoms with Crippen LogP contribution in [0.3, 0.4) is 0 Å². The molecule has 5 nitrogen and oxygen atoms in total. The molecule has 1 atom stereocenters. The van der Waals surface area contributed by atoms with E-state index in [0.29, 0.717) is 18.0 Å². The number of pyridine rings is 1. The molecule has 0 aromatic carbocycles. The van der Waals surface area contributed by atoms with Crippen LogP contribution in [0.2, 0.25) is 5.02 Å². The second kappa shape index (κ2) is 5.57. The van der Waals surface area contributed by atoms with Crippen molar-refractivity contribution in [3.63, 3.8) is 0 Å². The second-order valence-corrected chi connectivity index (χ2v) is 5.06. The molecule has 1 unspecified atom stereocenters. The van der Waals surface area contributed by atoms with Gasteiger partial charge in [-0.25, -0.2) is 4.79 Å². The highest BCUT2D eigenvalue weighted by atomic mass is 35.5. The molecule has 0 aliphatic carbocycles. The lowest BCUT2D eigenvalue weighted by atomic mass is 10.0. The Morgan fingerprint density at radius 2 is 2.21 bits per heavy atom. The van der Waals surface area contributed by atoms with E-state index < -0.39 is 12.0 Å². The summed E-state index contributed by atoms with van der Waals surface area (Å²) in [7, 11) is 0. The number of nitrogens with zero attached hydrogens (tertiary/aromatic N) is 2. The molecule has 1 aromatic heterocycles. The molecule has 1 aliphatic heterocycles. The molecule has 0 spiro atoms. The minimum atomic E-state index is -0.968. The van der Waals surface area contributed by atoms with E-state index in [-0.39, 0.29) is 11.5 Å². The molecule has 1 saturated heterocycles. The van der Waals surface area contributed by atoms with Gasteiger partial charge in [0.05, 0.1) is 10.6 Å². The number of likely N-dealkylation sites (tertiary alicyclic amines) is 1. The van der Waals surface area contributed by atoms with E-state index in [0.717, 1.165) is 18.5 Å². The molecular weight excluding hydrogens is 268 g/mol. The molecule has 1 fully saturated rings. The molecule has 6 heteroatoms. The predicted octanol–water partition coefficient (Wildman–Crippen LogP) is 2.12. The Hall–Kier alpha value is -1.62. The fourth-order valence-electron chi connectivity index (χ4n) is 2.27. The molecule has 1 aromatic rings. The molecule has 1 amide bonds. The Labute approximate surface area is 116 Å². The Bertz CT molecular complexity index is 519. The maximum Gasteiger partial charge on any atom is 0.326 e. The van der Waals surface area contributed by atoms with Crippen molar-refractivity contribution in [1.82, 2.24) is 9.88 Å². The van der Waals surface area contributed by atoms with Crippen molar-refractivity contribution in [2.75, 3.05) is 6.54 Å². The maximum atomic E-state index is 12.4. The van der Waals surface area contributed by atoms with Gasteiger partial charge in [0.2, 0.25) is 0 Å². The molecule has 19 heavy (non-hydrogen) atoms. The van der Waals surface area contributed by atoms with Gasteiger partial charge >= 0.3 is 5.97 Å². The van der Waals surface area contributed by atoms with E-state index in [2.05, 4.69) is 4.98 Å². The molecule has 1 N–H and O–H groups in total. The van der Waals surface area contributed by atoms with E-state index in [9.17, 15) is 14.7 Å². The fourth-order valence-corrected chi connectivity index (χ4v) is 2.56. The number of hydrogen-bond acceptors (Lipinski definition) is 3. The fraction of sp³-hybridized carbons (Fsp3) is 0.462. The van der Waals surface area contributed by atoms with Gasteiger partial charge < -0.3 is 10.0 Å². The van der Waals surface area contributed by atoms with E-state index >= 15 is 0 Å². The molecule has 0 bridgehead atoms. The van der Waals surface area contributed by atoms with Gasteiger partial charge in [0.15, 0.2) is 0 Å². The van der Waals surface area contributed by atoms with Crippen LogP contribution in [0.4, 0.5) is 0 Å². The van der Waals surface area contributed by atoms with Crippen LogP contribution >= 0.6 is 11.6 Å². The molecule has 102 valence electrons. The number of rotatable bonds is 2. The lowest BCUT2D eigenvalue weighted by Crippen LogP contribution is -2.48.